The molecule has 1 heterocycles. The molecule has 0 bridgehead atoms. The molecule has 0 saturated carbocycles. The standard InChI is InChI=1S/C12H21NO3/c1-8-5-4-6-9(2)13(8)11(12(15)16)7-10(3)14/h8-9,11H,4-7H2,1-3H3,(H,15,16). The quantitative estimate of drug-likeness (QED) is 0.794. The van der Waals surface area contributed by atoms with E-state index in [0.717, 1.165) is 19.3 Å². The first-order valence-corrected chi connectivity index (χ1v) is 5.93. The number of Topliss-reactive ketones (excluding diaryl/α,β-unsaturated/α-hetero) is 1. The molecule has 0 aromatic rings. The molecule has 3 atom stereocenters. The van der Waals surface area contributed by atoms with Gasteiger partial charge in [0.15, 0.2) is 0 Å². The Morgan fingerprint density at radius 3 is 2.19 bits per heavy atom. The Morgan fingerprint density at radius 1 is 1.31 bits per heavy atom. The van der Waals surface area contributed by atoms with Gasteiger partial charge in [-0.05, 0) is 33.6 Å². The van der Waals surface area contributed by atoms with Crippen LogP contribution in [0.1, 0.15) is 46.5 Å². The van der Waals surface area contributed by atoms with Crippen molar-refractivity contribution >= 4 is 11.8 Å². The van der Waals surface area contributed by atoms with E-state index < -0.39 is 12.0 Å². The average Bonchev–Trinajstić information content (AvgIpc) is 2.15. The van der Waals surface area contributed by atoms with Gasteiger partial charge in [-0.1, -0.05) is 6.42 Å². The van der Waals surface area contributed by atoms with Crippen LogP contribution >= 0.6 is 0 Å². The van der Waals surface area contributed by atoms with Crippen molar-refractivity contribution in [2.75, 3.05) is 0 Å². The van der Waals surface area contributed by atoms with E-state index in [0.29, 0.717) is 0 Å². The lowest BCUT2D eigenvalue weighted by atomic mass is 9.93. The Balaban J connectivity index is 2.82. The fraction of sp³-hybridized carbons (Fsp3) is 0.833. The van der Waals surface area contributed by atoms with Crippen molar-refractivity contribution in [2.45, 2.75) is 64.6 Å². The zero-order valence-corrected chi connectivity index (χ0v) is 10.3. The van der Waals surface area contributed by atoms with Crippen molar-refractivity contribution in [2.24, 2.45) is 0 Å². The molecule has 0 amide bonds. The first-order chi connectivity index (χ1) is 7.43. The summed E-state index contributed by atoms with van der Waals surface area (Å²) in [6.45, 7) is 5.55. The molecular weight excluding hydrogens is 206 g/mol. The highest BCUT2D eigenvalue weighted by molar-refractivity contribution is 5.84. The van der Waals surface area contributed by atoms with Gasteiger partial charge in [-0.25, -0.2) is 0 Å². The molecule has 16 heavy (non-hydrogen) atoms. The SMILES string of the molecule is CC(=O)CC(C(=O)O)N1C(C)CCCC1C. The number of carbonyl (C=O) groups excluding carboxylic acids is 1. The molecule has 92 valence electrons. The van der Waals surface area contributed by atoms with Crippen LogP contribution in [0, 0.1) is 0 Å². The van der Waals surface area contributed by atoms with Gasteiger partial charge in [0.1, 0.15) is 11.8 Å². The molecule has 4 heteroatoms. The van der Waals surface area contributed by atoms with Crippen molar-refractivity contribution < 1.29 is 14.7 Å². The van der Waals surface area contributed by atoms with Crippen LogP contribution in [0.15, 0.2) is 0 Å². The molecule has 1 aliphatic rings. The molecular formula is C12H21NO3. The van der Waals surface area contributed by atoms with Crippen LogP contribution in [0.25, 0.3) is 0 Å². The number of aliphatic carboxylic acids is 1. The Bertz CT molecular complexity index is 267. The fourth-order valence-electron chi connectivity index (χ4n) is 2.65. The number of carboxylic acid groups (broad SMARTS) is 1. The molecule has 0 aromatic carbocycles. The van der Waals surface area contributed by atoms with Crippen LogP contribution in [0.5, 0.6) is 0 Å². The van der Waals surface area contributed by atoms with Crippen LogP contribution in [-0.4, -0.2) is 39.9 Å². The zero-order valence-electron chi connectivity index (χ0n) is 10.3. The van der Waals surface area contributed by atoms with Gasteiger partial charge >= 0.3 is 5.97 Å². The molecule has 1 aliphatic heterocycles. The molecule has 1 fully saturated rings. The van der Waals surface area contributed by atoms with E-state index in [9.17, 15) is 14.7 Å². The van der Waals surface area contributed by atoms with Gasteiger partial charge in [0, 0.05) is 18.5 Å². The minimum Gasteiger partial charge on any atom is -0.480 e. The van der Waals surface area contributed by atoms with E-state index in [1.807, 2.05) is 18.7 Å². The lowest BCUT2D eigenvalue weighted by Crippen LogP contribution is -2.53. The second kappa shape index (κ2) is 5.43. The Kier molecular flexibility index (Phi) is 4.47. The number of piperidine rings is 1. The maximum atomic E-state index is 11.2. The summed E-state index contributed by atoms with van der Waals surface area (Å²) in [7, 11) is 0. The topological polar surface area (TPSA) is 57.6 Å². The predicted octanol–water partition coefficient (Wildman–Crippen LogP) is 1.68. The van der Waals surface area contributed by atoms with Crippen LogP contribution in [0.3, 0.4) is 0 Å². The van der Waals surface area contributed by atoms with E-state index in [2.05, 4.69) is 0 Å². The average molecular weight is 227 g/mol. The van der Waals surface area contributed by atoms with Gasteiger partial charge in [-0.3, -0.25) is 14.5 Å². The van der Waals surface area contributed by atoms with Gasteiger partial charge in [0.05, 0.1) is 0 Å². The monoisotopic (exact) mass is 227 g/mol. The van der Waals surface area contributed by atoms with Crippen molar-refractivity contribution in [1.29, 1.82) is 0 Å². The van der Waals surface area contributed by atoms with Crippen molar-refractivity contribution in [3.8, 4) is 0 Å². The van der Waals surface area contributed by atoms with E-state index in [1.54, 1.807) is 0 Å². The minimum absolute atomic E-state index is 0.0580. The Labute approximate surface area is 96.6 Å². The third-order valence-electron chi connectivity index (χ3n) is 3.39. The molecule has 1 rings (SSSR count). The van der Waals surface area contributed by atoms with Crippen LogP contribution < -0.4 is 0 Å². The van der Waals surface area contributed by atoms with Crippen molar-refractivity contribution in [3.05, 3.63) is 0 Å². The summed E-state index contributed by atoms with van der Waals surface area (Å²) < 4.78 is 0. The van der Waals surface area contributed by atoms with Gasteiger partial charge < -0.3 is 5.11 Å². The highest BCUT2D eigenvalue weighted by Crippen LogP contribution is 2.26. The first-order valence-electron chi connectivity index (χ1n) is 5.93. The largest absolute Gasteiger partial charge is 0.480 e. The third kappa shape index (κ3) is 3.04. The van der Waals surface area contributed by atoms with Crippen molar-refractivity contribution in [3.63, 3.8) is 0 Å². The molecule has 1 saturated heterocycles. The highest BCUT2D eigenvalue weighted by atomic mass is 16.4. The second-order valence-corrected chi connectivity index (χ2v) is 4.84. The lowest BCUT2D eigenvalue weighted by molar-refractivity contribution is -0.148. The van der Waals surface area contributed by atoms with E-state index in [-0.39, 0.29) is 24.3 Å². The van der Waals surface area contributed by atoms with Gasteiger partial charge in [-0.15, -0.1) is 0 Å². The van der Waals surface area contributed by atoms with E-state index >= 15 is 0 Å². The number of hydrogen-bond acceptors (Lipinski definition) is 3. The van der Waals surface area contributed by atoms with Crippen LogP contribution in [0.2, 0.25) is 0 Å². The molecule has 1 N–H and O–H groups in total. The molecule has 0 aliphatic carbocycles. The fourth-order valence-corrected chi connectivity index (χ4v) is 2.65. The summed E-state index contributed by atoms with van der Waals surface area (Å²) in [5.41, 5.74) is 0. The lowest BCUT2D eigenvalue weighted by Gasteiger charge is -2.42. The molecule has 0 spiro atoms. The number of likely N-dealkylation sites (tertiary alicyclic amines) is 1. The molecule has 0 aromatic heterocycles. The molecule has 0 radical (unpaired) electrons. The van der Waals surface area contributed by atoms with Crippen LogP contribution in [0.4, 0.5) is 0 Å². The predicted molar refractivity (Wildman–Crippen MR) is 61.3 cm³/mol. The van der Waals surface area contributed by atoms with Gasteiger partial charge in [0.25, 0.3) is 0 Å². The number of nitrogens with zero attached hydrogens (tertiary/aromatic N) is 1. The second-order valence-electron chi connectivity index (χ2n) is 4.84. The zero-order chi connectivity index (χ0) is 12.3. The number of hydrogen-bond donors (Lipinski definition) is 1. The summed E-state index contributed by atoms with van der Waals surface area (Å²) in [4.78, 5) is 24.3. The highest BCUT2D eigenvalue weighted by Gasteiger charge is 2.35. The smallest absolute Gasteiger partial charge is 0.321 e. The van der Waals surface area contributed by atoms with E-state index in [1.165, 1.54) is 6.92 Å². The summed E-state index contributed by atoms with van der Waals surface area (Å²) in [6.07, 6.45) is 3.30. The normalized spacial score (nSPS) is 28.7. The minimum atomic E-state index is -0.879. The summed E-state index contributed by atoms with van der Waals surface area (Å²) in [5.74, 6) is -0.937. The number of rotatable bonds is 4. The summed E-state index contributed by atoms with van der Waals surface area (Å²) in [5, 5.41) is 9.22. The maximum absolute atomic E-state index is 11.2. The van der Waals surface area contributed by atoms with Gasteiger partial charge in [-0.2, -0.15) is 0 Å². The maximum Gasteiger partial charge on any atom is 0.321 e. The van der Waals surface area contributed by atoms with Crippen molar-refractivity contribution in [1.82, 2.24) is 4.90 Å². The number of ketones is 1. The number of carbonyl (C=O) groups is 2. The first kappa shape index (κ1) is 13.2. The molecule has 4 nitrogen and oxygen atoms in total. The Morgan fingerprint density at radius 2 is 1.81 bits per heavy atom. The number of carboxylic acids is 1. The summed E-state index contributed by atoms with van der Waals surface area (Å²) >= 11 is 0. The van der Waals surface area contributed by atoms with Gasteiger partial charge in [0.2, 0.25) is 0 Å². The van der Waals surface area contributed by atoms with Crippen LogP contribution in [-0.2, 0) is 9.59 Å². The Hall–Kier alpha value is -0.900. The van der Waals surface area contributed by atoms with E-state index in [4.69, 9.17) is 0 Å². The summed E-state index contributed by atoms with van der Waals surface area (Å²) in [6, 6.07) is -0.142. The third-order valence-corrected chi connectivity index (χ3v) is 3.39. The molecule has 3 unspecified atom stereocenters.